The number of aryl methyl sites for hydroxylation is 1. The number of nitrogens with one attached hydrogen (secondary N) is 1. The molecule has 3 atom stereocenters. The summed E-state index contributed by atoms with van der Waals surface area (Å²) >= 11 is 1.73. The van der Waals surface area contributed by atoms with E-state index >= 15 is 0 Å². The smallest absolute Gasteiger partial charge is 0.110 e. The third-order valence-corrected chi connectivity index (χ3v) is 6.16. The number of fused-ring (bicyclic) bond motifs is 1. The molecule has 0 fully saturated rings. The molecule has 128 valence electrons. The van der Waals surface area contributed by atoms with Crippen molar-refractivity contribution in [1.29, 1.82) is 0 Å². The molecule has 0 aliphatic heterocycles. The van der Waals surface area contributed by atoms with Gasteiger partial charge in [0.25, 0.3) is 0 Å². The molecule has 1 aliphatic rings. The molecule has 1 aromatic carbocycles. The Morgan fingerprint density at radius 3 is 2.80 bits per heavy atom. The highest BCUT2D eigenvalue weighted by Gasteiger charge is 2.30. The predicted molar refractivity (Wildman–Crippen MR) is 104 cm³/mol. The zero-order valence-corrected chi connectivity index (χ0v) is 15.7. The Kier molecular flexibility index (Phi) is 4.40. The maximum absolute atomic E-state index is 4.84. The van der Waals surface area contributed by atoms with Crippen LogP contribution in [0, 0.1) is 6.92 Å². The normalized spacial score (nSPS) is 20.4. The lowest BCUT2D eigenvalue weighted by atomic mass is 9.98. The standard InChI is InChI=1S/C21H23N3S/c1-13-5-4-6-17-18(11-14(2)20(13)17)23-15(3)21-24-19(12-25-21)16-7-9-22-10-8-16/h4-10,12,14-15,18,23H,11H2,1-3H3/t14-,15+,18-/m1/s1. The van der Waals surface area contributed by atoms with Crippen LogP contribution in [-0.2, 0) is 0 Å². The molecule has 0 spiro atoms. The first-order valence-electron chi connectivity index (χ1n) is 8.84. The number of rotatable bonds is 4. The minimum absolute atomic E-state index is 0.240. The highest BCUT2D eigenvalue weighted by molar-refractivity contribution is 7.10. The molecule has 0 bridgehead atoms. The predicted octanol–water partition coefficient (Wildman–Crippen LogP) is 5.41. The lowest BCUT2D eigenvalue weighted by molar-refractivity contribution is 0.449. The molecule has 3 aromatic rings. The maximum atomic E-state index is 4.84. The van der Waals surface area contributed by atoms with Crippen LogP contribution in [0.4, 0.5) is 0 Å². The first kappa shape index (κ1) is 16.4. The van der Waals surface area contributed by atoms with Crippen LogP contribution in [-0.4, -0.2) is 9.97 Å². The van der Waals surface area contributed by atoms with Gasteiger partial charge in [0.15, 0.2) is 0 Å². The van der Waals surface area contributed by atoms with Crippen LogP contribution in [0.5, 0.6) is 0 Å². The monoisotopic (exact) mass is 349 g/mol. The van der Waals surface area contributed by atoms with E-state index in [1.807, 2.05) is 24.5 Å². The van der Waals surface area contributed by atoms with Crippen molar-refractivity contribution in [3.63, 3.8) is 0 Å². The molecule has 25 heavy (non-hydrogen) atoms. The zero-order valence-electron chi connectivity index (χ0n) is 14.9. The topological polar surface area (TPSA) is 37.8 Å². The second kappa shape index (κ2) is 6.70. The summed E-state index contributed by atoms with van der Waals surface area (Å²) in [4.78, 5) is 8.92. The number of hydrogen-bond acceptors (Lipinski definition) is 4. The summed E-state index contributed by atoms with van der Waals surface area (Å²) < 4.78 is 0. The molecule has 0 saturated carbocycles. The summed E-state index contributed by atoms with van der Waals surface area (Å²) in [6.45, 7) is 6.78. The van der Waals surface area contributed by atoms with Crippen molar-refractivity contribution >= 4 is 11.3 Å². The molecule has 2 aromatic heterocycles. The highest BCUT2D eigenvalue weighted by Crippen LogP contribution is 2.42. The number of pyridine rings is 1. The van der Waals surface area contributed by atoms with Crippen molar-refractivity contribution in [2.24, 2.45) is 0 Å². The van der Waals surface area contributed by atoms with E-state index in [4.69, 9.17) is 4.98 Å². The summed E-state index contributed by atoms with van der Waals surface area (Å²) in [5.74, 6) is 0.615. The molecule has 2 heterocycles. The summed E-state index contributed by atoms with van der Waals surface area (Å²) in [7, 11) is 0. The van der Waals surface area contributed by atoms with Gasteiger partial charge in [-0.2, -0.15) is 0 Å². The Morgan fingerprint density at radius 2 is 2.00 bits per heavy atom. The fourth-order valence-electron chi connectivity index (χ4n) is 3.95. The van der Waals surface area contributed by atoms with Gasteiger partial charge < -0.3 is 5.32 Å². The third-order valence-electron chi connectivity index (χ3n) is 5.13. The lowest BCUT2D eigenvalue weighted by Gasteiger charge is -2.19. The Morgan fingerprint density at radius 1 is 1.20 bits per heavy atom. The van der Waals surface area contributed by atoms with Gasteiger partial charge in [0.05, 0.1) is 11.7 Å². The lowest BCUT2D eigenvalue weighted by Crippen LogP contribution is -2.23. The number of hydrogen-bond donors (Lipinski definition) is 1. The fourth-order valence-corrected chi connectivity index (χ4v) is 4.80. The van der Waals surface area contributed by atoms with E-state index in [1.165, 1.54) is 16.7 Å². The molecule has 1 aliphatic carbocycles. The van der Waals surface area contributed by atoms with Crippen LogP contribution >= 0.6 is 11.3 Å². The zero-order chi connectivity index (χ0) is 17.4. The van der Waals surface area contributed by atoms with Gasteiger partial charge in [0.2, 0.25) is 0 Å². The van der Waals surface area contributed by atoms with Gasteiger partial charge in [0.1, 0.15) is 5.01 Å². The molecule has 3 nitrogen and oxygen atoms in total. The van der Waals surface area contributed by atoms with Crippen molar-refractivity contribution in [2.75, 3.05) is 0 Å². The van der Waals surface area contributed by atoms with Crippen LogP contribution in [0.25, 0.3) is 11.3 Å². The van der Waals surface area contributed by atoms with Crippen LogP contribution in [0.2, 0.25) is 0 Å². The molecule has 4 heteroatoms. The first-order chi connectivity index (χ1) is 12.1. The van der Waals surface area contributed by atoms with Gasteiger partial charge >= 0.3 is 0 Å². The second-order valence-electron chi connectivity index (χ2n) is 6.96. The number of benzene rings is 1. The summed E-state index contributed by atoms with van der Waals surface area (Å²) in [5.41, 5.74) is 6.57. The molecule has 0 amide bonds. The highest BCUT2D eigenvalue weighted by atomic mass is 32.1. The van der Waals surface area contributed by atoms with E-state index < -0.39 is 0 Å². The Bertz CT molecular complexity index is 872. The second-order valence-corrected chi connectivity index (χ2v) is 7.85. The number of thiazole rings is 1. The molecular weight excluding hydrogens is 326 g/mol. The quantitative estimate of drug-likeness (QED) is 0.684. The maximum Gasteiger partial charge on any atom is 0.110 e. The largest absolute Gasteiger partial charge is 0.301 e. The minimum Gasteiger partial charge on any atom is -0.301 e. The Hall–Kier alpha value is -2.04. The molecule has 1 N–H and O–H groups in total. The van der Waals surface area contributed by atoms with Gasteiger partial charge in [0, 0.05) is 29.4 Å². The van der Waals surface area contributed by atoms with E-state index in [0.29, 0.717) is 12.0 Å². The van der Waals surface area contributed by atoms with Crippen molar-refractivity contribution in [3.8, 4) is 11.3 Å². The van der Waals surface area contributed by atoms with Crippen molar-refractivity contribution in [2.45, 2.75) is 45.2 Å². The molecular formula is C21H23N3S. The summed E-state index contributed by atoms with van der Waals surface area (Å²) in [6, 6.07) is 11.3. The molecule has 0 unspecified atom stereocenters. The molecule has 0 saturated heterocycles. The van der Waals surface area contributed by atoms with E-state index in [1.54, 1.807) is 11.3 Å². The number of nitrogens with zero attached hydrogens (tertiary/aromatic N) is 2. The summed E-state index contributed by atoms with van der Waals surface area (Å²) in [5, 5.41) is 7.09. The Labute approximate surface area is 153 Å². The van der Waals surface area contributed by atoms with E-state index in [2.05, 4.69) is 54.7 Å². The van der Waals surface area contributed by atoms with Gasteiger partial charge in [-0.3, -0.25) is 4.98 Å². The van der Waals surface area contributed by atoms with E-state index in [-0.39, 0.29) is 6.04 Å². The van der Waals surface area contributed by atoms with E-state index in [9.17, 15) is 0 Å². The van der Waals surface area contributed by atoms with Crippen molar-refractivity contribution in [3.05, 3.63) is 69.8 Å². The van der Waals surface area contributed by atoms with Crippen LogP contribution in [0.1, 0.15) is 60.0 Å². The van der Waals surface area contributed by atoms with Gasteiger partial charge in [-0.25, -0.2) is 4.98 Å². The van der Waals surface area contributed by atoms with Crippen molar-refractivity contribution < 1.29 is 0 Å². The van der Waals surface area contributed by atoms with Crippen LogP contribution in [0.15, 0.2) is 48.1 Å². The Balaban J connectivity index is 1.53. The van der Waals surface area contributed by atoms with Gasteiger partial charge in [-0.15, -0.1) is 11.3 Å². The van der Waals surface area contributed by atoms with Crippen molar-refractivity contribution in [1.82, 2.24) is 15.3 Å². The van der Waals surface area contributed by atoms with E-state index in [0.717, 1.165) is 22.7 Å². The fraction of sp³-hybridized carbons (Fsp3) is 0.333. The molecule has 0 radical (unpaired) electrons. The average Bonchev–Trinajstić information content (AvgIpc) is 3.22. The number of aromatic nitrogens is 2. The van der Waals surface area contributed by atoms with Crippen LogP contribution in [0.3, 0.4) is 0 Å². The third kappa shape index (κ3) is 3.12. The molecule has 4 rings (SSSR count). The van der Waals surface area contributed by atoms with Crippen LogP contribution < -0.4 is 5.32 Å². The van der Waals surface area contributed by atoms with Gasteiger partial charge in [-0.1, -0.05) is 25.1 Å². The SMILES string of the molecule is Cc1cccc2c1[C@H](C)C[C@H]2N[C@@H](C)c1nc(-c2ccncc2)cs1. The first-order valence-corrected chi connectivity index (χ1v) is 9.72. The van der Waals surface area contributed by atoms with Gasteiger partial charge in [-0.05, 0) is 55.0 Å². The summed E-state index contributed by atoms with van der Waals surface area (Å²) in [6.07, 6.45) is 4.79. The minimum atomic E-state index is 0.240. The average molecular weight is 350 g/mol.